The van der Waals surface area contributed by atoms with E-state index in [1.165, 1.54) is 0 Å². The quantitative estimate of drug-likeness (QED) is 0.135. The maximum absolute atomic E-state index is 12.8. The van der Waals surface area contributed by atoms with E-state index in [2.05, 4.69) is 5.32 Å². The predicted octanol–water partition coefficient (Wildman–Crippen LogP) is 7.60. The molecule has 1 atom stereocenters. The Kier molecular flexibility index (Phi) is 10.2. The molecule has 13 heteroatoms. The van der Waals surface area contributed by atoms with Crippen molar-refractivity contribution in [3.63, 3.8) is 0 Å². The summed E-state index contributed by atoms with van der Waals surface area (Å²) in [6.45, 7) is 10.2. The first kappa shape index (κ1) is 32.2. The summed E-state index contributed by atoms with van der Waals surface area (Å²) in [6.07, 6.45) is 0.858. The average molecular weight is 659 g/mol. The van der Waals surface area contributed by atoms with Crippen LogP contribution in [0.25, 0.3) is 21.5 Å². The van der Waals surface area contributed by atoms with E-state index in [1.807, 2.05) is 56.5 Å². The Bertz CT molecular complexity index is 1700. The van der Waals surface area contributed by atoms with Crippen molar-refractivity contribution in [2.24, 2.45) is 0 Å². The van der Waals surface area contributed by atoms with Crippen LogP contribution in [0, 0.1) is 20.8 Å². The van der Waals surface area contributed by atoms with Gasteiger partial charge in [0.1, 0.15) is 17.3 Å². The number of rotatable bonds is 14. The molecule has 1 fully saturated rings. The highest BCUT2D eigenvalue weighted by Crippen LogP contribution is 2.48. The summed E-state index contributed by atoms with van der Waals surface area (Å²) in [5, 5.41) is 4.62. The van der Waals surface area contributed by atoms with Gasteiger partial charge in [-0.25, -0.2) is 4.98 Å². The number of amides is 2. The van der Waals surface area contributed by atoms with Crippen LogP contribution in [0.2, 0.25) is 0 Å². The van der Waals surface area contributed by atoms with Crippen LogP contribution in [0.4, 0.5) is 4.79 Å². The minimum atomic E-state index is -3.35. The molecular weight excluding hydrogens is 623 g/mol. The smallest absolute Gasteiger partial charge is 0.367 e. The van der Waals surface area contributed by atoms with Gasteiger partial charge in [-0.3, -0.25) is 19.5 Å². The van der Waals surface area contributed by atoms with Crippen LogP contribution >= 0.6 is 30.7 Å². The van der Waals surface area contributed by atoms with E-state index < -0.39 is 12.8 Å². The van der Waals surface area contributed by atoms with Crippen molar-refractivity contribution < 1.29 is 37.1 Å². The van der Waals surface area contributed by atoms with Crippen molar-refractivity contribution in [2.45, 2.75) is 52.7 Å². The molecule has 0 bridgehead atoms. The van der Waals surface area contributed by atoms with E-state index in [0.29, 0.717) is 36.8 Å². The van der Waals surface area contributed by atoms with E-state index in [4.69, 9.17) is 27.9 Å². The fourth-order valence-corrected chi connectivity index (χ4v) is 8.18. The standard InChI is InChI=1S/C31H35N2O8PS2/c1-6-39-42(36,40-7-2)17-38-27-18(3)14-22(15-19(27)4)30-32-24(20(5)41-30)10-12-37-25-9-8-21(28-23(25)11-13-43-28)16-26-29(34)33-31(35)44-26/h8-9,11,13-15,26H,6-7,10,12,16-17H2,1-5H3,(H,33,34,35). The topological polar surface area (TPSA) is 126 Å². The highest BCUT2D eigenvalue weighted by molar-refractivity contribution is 8.15. The van der Waals surface area contributed by atoms with Crippen LogP contribution < -0.4 is 14.8 Å². The number of benzene rings is 2. The van der Waals surface area contributed by atoms with Crippen molar-refractivity contribution in [1.29, 1.82) is 0 Å². The fraction of sp³-hybridized carbons (Fsp3) is 0.387. The fourth-order valence-electron chi connectivity index (χ4n) is 5.10. The monoisotopic (exact) mass is 658 g/mol. The SMILES string of the molecule is CCOP(=O)(COc1c(C)cc(-c2nc(CCOc3ccc(CC4SC(=O)NC4=O)c4sccc34)c(C)o2)cc1C)OCC. The van der Waals surface area contributed by atoms with Crippen LogP contribution in [-0.4, -0.2) is 47.5 Å². The van der Waals surface area contributed by atoms with Crippen LogP contribution in [0.15, 0.2) is 40.1 Å². The molecule has 1 aliphatic heterocycles. The lowest BCUT2D eigenvalue weighted by Crippen LogP contribution is -2.25. The number of carbonyl (C=O) groups excluding carboxylic acids is 2. The van der Waals surface area contributed by atoms with Gasteiger partial charge in [0, 0.05) is 22.1 Å². The summed E-state index contributed by atoms with van der Waals surface area (Å²) in [4.78, 5) is 28.4. The van der Waals surface area contributed by atoms with Gasteiger partial charge in [0.05, 0.1) is 30.8 Å². The number of thioether (sulfide) groups is 1. The highest BCUT2D eigenvalue weighted by atomic mass is 32.2. The van der Waals surface area contributed by atoms with Crippen molar-refractivity contribution in [2.75, 3.05) is 26.2 Å². The largest absolute Gasteiger partial charge is 0.493 e. The van der Waals surface area contributed by atoms with E-state index in [1.54, 1.807) is 25.2 Å². The summed E-state index contributed by atoms with van der Waals surface area (Å²) in [5.41, 5.74) is 4.33. The predicted molar refractivity (Wildman–Crippen MR) is 172 cm³/mol. The summed E-state index contributed by atoms with van der Waals surface area (Å²) < 4.78 is 42.7. The second-order valence-corrected chi connectivity index (χ2v) is 14.3. The number of aryl methyl sites for hydroxylation is 3. The molecule has 1 aliphatic rings. The van der Waals surface area contributed by atoms with Gasteiger partial charge in [0.25, 0.3) is 5.24 Å². The number of imide groups is 1. The third-order valence-electron chi connectivity index (χ3n) is 7.05. The van der Waals surface area contributed by atoms with Gasteiger partial charge in [0.15, 0.2) is 6.35 Å². The van der Waals surface area contributed by atoms with Crippen molar-refractivity contribution in [1.82, 2.24) is 10.3 Å². The molecule has 1 unspecified atom stereocenters. The maximum atomic E-state index is 12.8. The molecule has 4 aromatic rings. The number of nitrogens with one attached hydrogen (secondary N) is 1. The molecule has 1 N–H and O–H groups in total. The summed E-state index contributed by atoms with van der Waals surface area (Å²) in [5.74, 6) is 2.35. The van der Waals surface area contributed by atoms with Crippen LogP contribution in [0.3, 0.4) is 0 Å². The number of ether oxygens (including phenoxy) is 2. The van der Waals surface area contributed by atoms with Gasteiger partial charge in [-0.1, -0.05) is 17.8 Å². The molecule has 10 nitrogen and oxygen atoms in total. The van der Waals surface area contributed by atoms with E-state index in [0.717, 1.165) is 55.5 Å². The zero-order valence-corrected chi connectivity index (χ0v) is 27.8. The van der Waals surface area contributed by atoms with Crippen LogP contribution in [0.1, 0.15) is 42.0 Å². The molecule has 3 heterocycles. The number of oxazole rings is 1. The molecule has 2 aromatic carbocycles. The molecule has 1 saturated heterocycles. The number of carbonyl (C=O) groups is 2. The molecule has 0 saturated carbocycles. The summed E-state index contributed by atoms with van der Waals surface area (Å²) in [7, 11) is -3.35. The second-order valence-electron chi connectivity index (χ2n) is 10.3. The van der Waals surface area contributed by atoms with Gasteiger partial charge in [-0.05, 0) is 87.4 Å². The van der Waals surface area contributed by atoms with Gasteiger partial charge >= 0.3 is 7.60 Å². The number of hydrogen-bond donors (Lipinski definition) is 1. The van der Waals surface area contributed by atoms with Crippen molar-refractivity contribution in [3.8, 4) is 23.0 Å². The van der Waals surface area contributed by atoms with Crippen molar-refractivity contribution in [3.05, 3.63) is 63.9 Å². The number of aromatic nitrogens is 1. The molecule has 0 spiro atoms. The highest BCUT2D eigenvalue weighted by Gasteiger charge is 2.32. The minimum Gasteiger partial charge on any atom is -0.493 e. The molecule has 234 valence electrons. The van der Waals surface area contributed by atoms with Gasteiger partial charge in [0.2, 0.25) is 11.8 Å². The third-order valence-corrected chi connectivity index (χ3v) is 10.8. The Hall–Kier alpha value is -3.15. The van der Waals surface area contributed by atoms with E-state index >= 15 is 0 Å². The molecule has 0 radical (unpaired) electrons. The lowest BCUT2D eigenvalue weighted by Gasteiger charge is -2.19. The first-order chi connectivity index (χ1) is 21.1. The van der Waals surface area contributed by atoms with Crippen LogP contribution in [0.5, 0.6) is 11.5 Å². The molecule has 0 aliphatic carbocycles. The van der Waals surface area contributed by atoms with E-state index in [-0.39, 0.29) is 30.7 Å². The average Bonchev–Trinajstić information content (AvgIpc) is 3.68. The Labute approximate surface area is 264 Å². The molecule has 2 aromatic heterocycles. The minimum absolute atomic E-state index is 0.171. The molecular formula is C31H35N2O8PS2. The number of nitrogens with zero attached hydrogens (tertiary/aromatic N) is 1. The normalized spacial score (nSPS) is 15.2. The lowest BCUT2D eigenvalue weighted by molar-refractivity contribution is -0.118. The first-order valence-corrected chi connectivity index (χ1v) is 17.8. The Balaban J connectivity index is 1.24. The van der Waals surface area contributed by atoms with Gasteiger partial charge < -0.3 is 22.9 Å². The first-order valence-electron chi connectivity index (χ1n) is 14.3. The lowest BCUT2D eigenvalue weighted by atomic mass is 10.1. The van der Waals surface area contributed by atoms with Crippen LogP contribution in [-0.2, 0) is 31.2 Å². The summed E-state index contributed by atoms with van der Waals surface area (Å²) >= 11 is 2.63. The molecule has 5 rings (SSSR count). The maximum Gasteiger partial charge on any atom is 0.367 e. The van der Waals surface area contributed by atoms with E-state index in [9.17, 15) is 14.2 Å². The van der Waals surface area contributed by atoms with Gasteiger partial charge in [-0.15, -0.1) is 11.3 Å². The molecule has 2 amide bonds. The number of hydrogen-bond acceptors (Lipinski definition) is 11. The third kappa shape index (κ3) is 7.21. The Morgan fingerprint density at radius 3 is 2.41 bits per heavy atom. The second kappa shape index (κ2) is 13.9. The van der Waals surface area contributed by atoms with Gasteiger partial charge in [-0.2, -0.15) is 0 Å². The zero-order valence-electron chi connectivity index (χ0n) is 25.3. The molecule has 44 heavy (non-hydrogen) atoms. The Morgan fingerprint density at radius 1 is 1.02 bits per heavy atom. The zero-order chi connectivity index (χ0) is 31.4. The Morgan fingerprint density at radius 2 is 1.75 bits per heavy atom. The van der Waals surface area contributed by atoms with Crippen molar-refractivity contribution >= 4 is 51.9 Å². The number of thiophene rings is 1. The number of fused-ring (bicyclic) bond motifs is 1. The summed E-state index contributed by atoms with van der Waals surface area (Å²) in [6, 6.07) is 9.75.